The lowest BCUT2D eigenvalue weighted by atomic mass is 9.89. The van der Waals surface area contributed by atoms with Crippen molar-refractivity contribution in [3.8, 4) is 0 Å². The fourth-order valence-electron chi connectivity index (χ4n) is 2.80. The summed E-state index contributed by atoms with van der Waals surface area (Å²) in [5.74, 6) is 1.13. The third-order valence-electron chi connectivity index (χ3n) is 3.76. The zero-order valence-electron chi connectivity index (χ0n) is 9.70. The summed E-state index contributed by atoms with van der Waals surface area (Å²) < 4.78 is 0. The van der Waals surface area contributed by atoms with Gasteiger partial charge in [0.25, 0.3) is 0 Å². The summed E-state index contributed by atoms with van der Waals surface area (Å²) in [4.78, 5) is 0. The molecule has 1 aliphatic carbocycles. The maximum absolute atomic E-state index is 10.2. The first-order valence-corrected chi connectivity index (χ1v) is 6.47. The van der Waals surface area contributed by atoms with Crippen LogP contribution in [-0.4, -0.2) is 11.2 Å². The molecule has 0 saturated heterocycles. The number of rotatable bonds is 3. The Bertz CT molecular complexity index is 350. The lowest BCUT2D eigenvalue weighted by molar-refractivity contribution is 0.0902. The molecule has 3 atom stereocenters. The minimum Gasteiger partial charge on any atom is -0.392 e. The summed E-state index contributed by atoms with van der Waals surface area (Å²) in [6.45, 7) is 2.25. The zero-order valence-corrected chi connectivity index (χ0v) is 10.5. The van der Waals surface area contributed by atoms with Gasteiger partial charge in [0.1, 0.15) is 0 Å². The Kier molecular flexibility index (Phi) is 3.88. The van der Waals surface area contributed by atoms with Crippen LogP contribution in [0.25, 0.3) is 0 Å². The van der Waals surface area contributed by atoms with Crippen LogP contribution < -0.4 is 0 Å². The first-order valence-electron chi connectivity index (χ1n) is 6.09. The topological polar surface area (TPSA) is 20.2 Å². The van der Waals surface area contributed by atoms with Crippen LogP contribution in [-0.2, 0) is 6.42 Å². The highest BCUT2D eigenvalue weighted by Crippen LogP contribution is 2.34. The molecule has 0 aliphatic heterocycles. The van der Waals surface area contributed by atoms with Crippen LogP contribution in [0.4, 0.5) is 0 Å². The quantitative estimate of drug-likeness (QED) is 0.852. The molecule has 0 amide bonds. The van der Waals surface area contributed by atoms with Gasteiger partial charge in [-0.2, -0.15) is 0 Å². The van der Waals surface area contributed by atoms with Gasteiger partial charge >= 0.3 is 0 Å². The maximum Gasteiger partial charge on any atom is 0.0611 e. The second-order valence-electron chi connectivity index (χ2n) is 4.97. The molecule has 1 saturated carbocycles. The Morgan fingerprint density at radius 3 is 2.88 bits per heavy atom. The normalized spacial score (nSPS) is 26.9. The second-order valence-corrected chi connectivity index (χ2v) is 5.41. The first kappa shape index (κ1) is 11.9. The van der Waals surface area contributed by atoms with Crippen LogP contribution in [0.15, 0.2) is 24.3 Å². The first-order chi connectivity index (χ1) is 7.66. The molecule has 2 rings (SSSR count). The Balaban J connectivity index is 1.99. The summed E-state index contributed by atoms with van der Waals surface area (Å²) in [7, 11) is 0. The van der Waals surface area contributed by atoms with E-state index in [9.17, 15) is 5.11 Å². The van der Waals surface area contributed by atoms with Crippen molar-refractivity contribution in [1.82, 2.24) is 0 Å². The lowest BCUT2D eigenvalue weighted by Crippen LogP contribution is -2.24. The Morgan fingerprint density at radius 1 is 1.44 bits per heavy atom. The van der Waals surface area contributed by atoms with E-state index in [1.807, 2.05) is 24.3 Å². The number of halogens is 1. The van der Waals surface area contributed by atoms with Gasteiger partial charge in [-0.05, 0) is 42.4 Å². The van der Waals surface area contributed by atoms with Crippen LogP contribution in [0, 0.1) is 11.8 Å². The van der Waals surface area contributed by atoms with Gasteiger partial charge in [0.05, 0.1) is 6.10 Å². The predicted molar refractivity (Wildman–Crippen MR) is 67.7 cm³/mol. The highest BCUT2D eigenvalue weighted by molar-refractivity contribution is 6.30. The summed E-state index contributed by atoms with van der Waals surface area (Å²) in [6.07, 6.45) is 4.21. The smallest absolute Gasteiger partial charge is 0.0611 e. The molecule has 1 N–H and O–H groups in total. The van der Waals surface area contributed by atoms with E-state index in [-0.39, 0.29) is 6.10 Å². The highest BCUT2D eigenvalue weighted by Gasteiger charge is 2.29. The van der Waals surface area contributed by atoms with Crippen LogP contribution >= 0.6 is 11.6 Å². The second kappa shape index (κ2) is 5.20. The van der Waals surface area contributed by atoms with E-state index < -0.39 is 0 Å². The van der Waals surface area contributed by atoms with E-state index in [1.165, 1.54) is 19.3 Å². The van der Waals surface area contributed by atoms with Gasteiger partial charge in [0, 0.05) is 5.02 Å². The molecule has 3 unspecified atom stereocenters. The number of hydrogen-bond acceptors (Lipinski definition) is 1. The molecule has 1 fully saturated rings. The summed E-state index contributed by atoms with van der Waals surface area (Å²) in [5, 5.41) is 11.0. The molecule has 0 radical (unpaired) electrons. The van der Waals surface area contributed by atoms with Crippen molar-refractivity contribution in [3.05, 3.63) is 34.9 Å². The molecule has 1 aromatic rings. The van der Waals surface area contributed by atoms with E-state index in [4.69, 9.17) is 11.6 Å². The van der Waals surface area contributed by atoms with Crippen molar-refractivity contribution in [2.75, 3.05) is 0 Å². The third kappa shape index (κ3) is 2.78. The van der Waals surface area contributed by atoms with Gasteiger partial charge in [0.2, 0.25) is 0 Å². The summed E-state index contributed by atoms with van der Waals surface area (Å²) in [6, 6.07) is 7.80. The largest absolute Gasteiger partial charge is 0.392 e. The molecule has 0 spiro atoms. The summed E-state index contributed by atoms with van der Waals surface area (Å²) in [5.41, 5.74) is 1.14. The molecular formula is C14H19ClO. The average Bonchev–Trinajstić information content (AvgIpc) is 2.64. The monoisotopic (exact) mass is 238 g/mol. The number of benzene rings is 1. The fourth-order valence-corrected chi connectivity index (χ4v) is 3.02. The molecule has 0 heterocycles. The SMILES string of the molecule is CC1CCCC1C(O)Cc1cccc(Cl)c1. The van der Waals surface area contributed by atoms with Crippen LogP contribution in [0.5, 0.6) is 0 Å². The van der Waals surface area contributed by atoms with Crippen molar-refractivity contribution >= 4 is 11.6 Å². The molecule has 0 aromatic heterocycles. The Labute approximate surface area is 102 Å². The van der Waals surface area contributed by atoms with E-state index >= 15 is 0 Å². The molecular weight excluding hydrogens is 220 g/mol. The zero-order chi connectivity index (χ0) is 11.5. The van der Waals surface area contributed by atoms with Gasteiger partial charge in [-0.3, -0.25) is 0 Å². The van der Waals surface area contributed by atoms with E-state index in [0.717, 1.165) is 17.0 Å². The van der Waals surface area contributed by atoms with Crippen LogP contribution in [0.1, 0.15) is 31.7 Å². The number of aliphatic hydroxyl groups excluding tert-OH is 1. The van der Waals surface area contributed by atoms with Gasteiger partial charge in [-0.15, -0.1) is 0 Å². The van der Waals surface area contributed by atoms with Crippen molar-refractivity contribution in [2.45, 2.75) is 38.7 Å². The van der Waals surface area contributed by atoms with E-state index in [1.54, 1.807) is 0 Å². The molecule has 1 nitrogen and oxygen atoms in total. The average molecular weight is 239 g/mol. The molecule has 16 heavy (non-hydrogen) atoms. The Hall–Kier alpha value is -0.530. The van der Waals surface area contributed by atoms with E-state index in [2.05, 4.69) is 6.92 Å². The highest BCUT2D eigenvalue weighted by atomic mass is 35.5. The van der Waals surface area contributed by atoms with Gasteiger partial charge in [-0.1, -0.05) is 43.5 Å². The van der Waals surface area contributed by atoms with Gasteiger partial charge in [0.15, 0.2) is 0 Å². The maximum atomic E-state index is 10.2. The third-order valence-corrected chi connectivity index (χ3v) is 3.99. The Morgan fingerprint density at radius 2 is 2.25 bits per heavy atom. The lowest BCUT2D eigenvalue weighted by Gasteiger charge is -2.22. The molecule has 1 aliphatic rings. The number of hydrogen-bond donors (Lipinski definition) is 1. The fraction of sp³-hybridized carbons (Fsp3) is 0.571. The molecule has 88 valence electrons. The summed E-state index contributed by atoms with van der Waals surface area (Å²) >= 11 is 5.94. The number of aliphatic hydroxyl groups is 1. The van der Waals surface area contributed by atoms with Crippen molar-refractivity contribution in [2.24, 2.45) is 11.8 Å². The predicted octanol–water partition coefficient (Wildman–Crippen LogP) is 3.68. The van der Waals surface area contributed by atoms with Crippen LogP contribution in [0.2, 0.25) is 5.02 Å². The van der Waals surface area contributed by atoms with Gasteiger partial charge in [-0.25, -0.2) is 0 Å². The molecule has 1 aromatic carbocycles. The van der Waals surface area contributed by atoms with E-state index in [0.29, 0.717) is 11.8 Å². The van der Waals surface area contributed by atoms with Gasteiger partial charge < -0.3 is 5.11 Å². The van der Waals surface area contributed by atoms with Crippen molar-refractivity contribution in [1.29, 1.82) is 0 Å². The molecule has 2 heteroatoms. The van der Waals surface area contributed by atoms with Crippen LogP contribution in [0.3, 0.4) is 0 Å². The van der Waals surface area contributed by atoms with Crippen molar-refractivity contribution in [3.63, 3.8) is 0 Å². The van der Waals surface area contributed by atoms with Crippen molar-refractivity contribution < 1.29 is 5.11 Å². The minimum absolute atomic E-state index is 0.212. The molecule has 0 bridgehead atoms. The standard InChI is InChI=1S/C14H19ClO/c1-10-4-2-7-13(10)14(16)9-11-5-3-6-12(15)8-11/h3,5-6,8,10,13-14,16H,2,4,7,9H2,1H3. The minimum atomic E-state index is -0.212.